The lowest BCUT2D eigenvalue weighted by Gasteiger charge is -2.13. The van der Waals surface area contributed by atoms with Crippen molar-refractivity contribution in [2.45, 2.75) is 13.5 Å². The van der Waals surface area contributed by atoms with Gasteiger partial charge < -0.3 is 9.78 Å². The summed E-state index contributed by atoms with van der Waals surface area (Å²) in [5.41, 5.74) is 3.62. The summed E-state index contributed by atoms with van der Waals surface area (Å²) in [7, 11) is 1.95. The van der Waals surface area contributed by atoms with Crippen molar-refractivity contribution < 1.29 is 4.79 Å². The summed E-state index contributed by atoms with van der Waals surface area (Å²) in [5, 5.41) is 1.25. The molecule has 0 amide bonds. The molecule has 0 fully saturated rings. The first kappa shape index (κ1) is 10.9. The number of hydrogen-bond donors (Lipinski definition) is 1. The highest BCUT2D eigenvalue weighted by Gasteiger charge is 2.09. The van der Waals surface area contributed by atoms with Gasteiger partial charge in [0.05, 0.1) is 6.54 Å². The van der Waals surface area contributed by atoms with Crippen molar-refractivity contribution in [3.63, 3.8) is 0 Å². The van der Waals surface area contributed by atoms with Crippen LogP contribution in [0, 0.1) is 6.92 Å². The number of rotatable bonds is 4. The molecule has 0 radical (unpaired) electrons. The second-order valence-electron chi connectivity index (χ2n) is 4.14. The minimum atomic E-state index is 0.471. The number of aryl methyl sites for hydroxylation is 1. The zero-order chi connectivity index (χ0) is 11.5. The van der Waals surface area contributed by atoms with E-state index in [1.165, 1.54) is 16.6 Å². The van der Waals surface area contributed by atoms with Gasteiger partial charge in [0.1, 0.15) is 6.29 Å². The SMILES string of the molecule is Cc1[nH]c2ccccc2c1CN(C)CC=O. The molecule has 0 saturated carbocycles. The number of likely N-dealkylation sites (N-methyl/N-ethyl adjacent to an activating group) is 1. The van der Waals surface area contributed by atoms with Gasteiger partial charge in [-0.15, -0.1) is 0 Å². The largest absolute Gasteiger partial charge is 0.358 e. The third kappa shape index (κ3) is 1.99. The Balaban J connectivity index is 2.35. The fraction of sp³-hybridized carbons (Fsp3) is 0.308. The van der Waals surface area contributed by atoms with E-state index in [0.29, 0.717) is 6.54 Å². The van der Waals surface area contributed by atoms with Crippen molar-refractivity contribution in [3.05, 3.63) is 35.5 Å². The number of aromatic amines is 1. The van der Waals surface area contributed by atoms with Crippen LogP contribution in [0.15, 0.2) is 24.3 Å². The highest BCUT2D eigenvalue weighted by molar-refractivity contribution is 5.84. The summed E-state index contributed by atoms with van der Waals surface area (Å²) in [6.07, 6.45) is 0.935. The lowest BCUT2D eigenvalue weighted by atomic mass is 10.1. The molecule has 84 valence electrons. The number of benzene rings is 1. The Kier molecular flexibility index (Phi) is 3.06. The van der Waals surface area contributed by atoms with Crippen LogP contribution in [-0.2, 0) is 11.3 Å². The summed E-state index contributed by atoms with van der Waals surface area (Å²) >= 11 is 0. The number of H-pyrrole nitrogens is 1. The van der Waals surface area contributed by atoms with Crippen molar-refractivity contribution >= 4 is 17.2 Å². The highest BCUT2D eigenvalue weighted by Crippen LogP contribution is 2.22. The number of fused-ring (bicyclic) bond motifs is 1. The van der Waals surface area contributed by atoms with E-state index in [1.54, 1.807) is 0 Å². The summed E-state index contributed by atoms with van der Waals surface area (Å²) in [5.74, 6) is 0. The van der Waals surface area contributed by atoms with E-state index in [-0.39, 0.29) is 0 Å². The van der Waals surface area contributed by atoms with E-state index in [0.717, 1.165) is 18.3 Å². The normalized spacial score (nSPS) is 11.2. The average Bonchev–Trinajstić information content (AvgIpc) is 2.56. The molecule has 1 aromatic heterocycles. The third-order valence-corrected chi connectivity index (χ3v) is 2.84. The lowest BCUT2D eigenvalue weighted by molar-refractivity contribution is -0.108. The van der Waals surface area contributed by atoms with Crippen LogP contribution < -0.4 is 0 Å². The molecule has 0 aliphatic heterocycles. The molecule has 16 heavy (non-hydrogen) atoms. The average molecular weight is 216 g/mol. The van der Waals surface area contributed by atoms with Gasteiger partial charge in [-0.05, 0) is 25.6 Å². The predicted octanol–water partition coefficient (Wildman–Crippen LogP) is 2.11. The maximum Gasteiger partial charge on any atom is 0.133 e. The molecule has 0 aliphatic carbocycles. The molecule has 0 bridgehead atoms. The van der Waals surface area contributed by atoms with E-state index >= 15 is 0 Å². The second kappa shape index (κ2) is 4.49. The molecule has 0 saturated heterocycles. The number of hydrogen-bond acceptors (Lipinski definition) is 2. The van der Waals surface area contributed by atoms with Gasteiger partial charge in [0.2, 0.25) is 0 Å². The topological polar surface area (TPSA) is 36.1 Å². The Morgan fingerprint density at radius 3 is 2.88 bits per heavy atom. The maximum absolute atomic E-state index is 10.4. The summed E-state index contributed by atoms with van der Waals surface area (Å²) in [6.45, 7) is 3.34. The van der Waals surface area contributed by atoms with Crippen molar-refractivity contribution in [3.8, 4) is 0 Å². The van der Waals surface area contributed by atoms with E-state index in [9.17, 15) is 4.79 Å². The van der Waals surface area contributed by atoms with Gasteiger partial charge in [0.15, 0.2) is 0 Å². The standard InChI is InChI=1S/C13H16N2O/c1-10-12(9-15(2)7-8-16)11-5-3-4-6-13(11)14-10/h3-6,8,14H,7,9H2,1-2H3. The number of carbonyl (C=O) groups is 1. The first-order valence-electron chi connectivity index (χ1n) is 5.40. The van der Waals surface area contributed by atoms with Gasteiger partial charge in [0.25, 0.3) is 0 Å². The van der Waals surface area contributed by atoms with Crippen molar-refractivity contribution in [2.75, 3.05) is 13.6 Å². The molecule has 1 N–H and O–H groups in total. The maximum atomic E-state index is 10.4. The molecule has 3 nitrogen and oxygen atoms in total. The van der Waals surface area contributed by atoms with Crippen molar-refractivity contribution in [2.24, 2.45) is 0 Å². The number of nitrogens with one attached hydrogen (secondary N) is 1. The molecule has 0 spiro atoms. The fourth-order valence-corrected chi connectivity index (χ4v) is 2.00. The van der Waals surface area contributed by atoms with Crippen LogP contribution in [0.1, 0.15) is 11.3 Å². The first-order valence-corrected chi connectivity index (χ1v) is 5.40. The zero-order valence-corrected chi connectivity index (χ0v) is 9.66. The van der Waals surface area contributed by atoms with Crippen LogP contribution in [0.5, 0.6) is 0 Å². The summed E-state index contributed by atoms with van der Waals surface area (Å²) in [4.78, 5) is 15.8. The highest BCUT2D eigenvalue weighted by atomic mass is 16.1. The molecule has 0 aliphatic rings. The van der Waals surface area contributed by atoms with Crippen LogP contribution in [0.4, 0.5) is 0 Å². The van der Waals surface area contributed by atoms with Crippen LogP contribution in [0.2, 0.25) is 0 Å². The quantitative estimate of drug-likeness (QED) is 0.794. The van der Waals surface area contributed by atoms with Crippen LogP contribution in [-0.4, -0.2) is 29.8 Å². The monoisotopic (exact) mass is 216 g/mol. The van der Waals surface area contributed by atoms with Gasteiger partial charge >= 0.3 is 0 Å². The van der Waals surface area contributed by atoms with Gasteiger partial charge in [-0.1, -0.05) is 18.2 Å². The van der Waals surface area contributed by atoms with E-state index in [4.69, 9.17) is 0 Å². The minimum Gasteiger partial charge on any atom is -0.358 e. The number of para-hydroxylation sites is 1. The molecule has 3 heteroatoms. The second-order valence-corrected chi connectivity index (χ2v) is 4.14. The molecule has 2 aromatic rings. The van der Waals surface area contributed by atoms with E-state index < -0.39 is 0 Å². The summed E-state index contributed by atoms with van der Waals surface area (Å²) < 4.78 is 0. The van der Waals surface area contributed by atoms with Crippen LogP contribution in [0.25, 0.3) is 10.9 Å². The Bertz CT molecular complexity index is 502. The minimum absolute atomic E-state index is 0.471. The number of aromatic nitrogens is 1. The third-order valence-electron chi connectivity index (χ3n) is 2.84. The first-order chi connectivity index (χ1) is 7.72. The van der Waals surface area contributed by atoms with Crippen molar-refractivity contribution in [1.82, 2.24) is 9.88 Å². The van der Waals surface area contributed by atoms with Gasteiger partial charge in [0, 0.05) is 23.1 Å². The zero-order valence-electron chi connectivity index (χ0n) is 9.66. The molecular weight excluding hydrogens is 200 g/mol. The molecule has 2 rings (SSSR count). The van der Waals surface area contributed by atoms with Crippen LogP contribution >= 0.6 is 0 Å². The van der Waals surface area contributed by atoms with Crippen LogP contribution in [0.3, 0.4) is 0 Å². The Morgan fingerprint density at radius 1 is 1.38 bits per heavy atom. The van der Waals surface area contributed by atoms with Gasteiger partial charge in [-0.2, -0.15) is 0 Å². The number of carbonyl (C=O) groups excluding carboxylic acids is 1. The van der Waals surface area contributed by atoms with Gasteiger partial charge in [-0.25, -0.2) is 0 Å². The fourth-order valence-electron chi connectivity index (χ4n) is 2.00. The van der Waals surface area contributed by atoms with Gasteiger partial charge in [-0.3, -0.25) is 4.90 Å². The molecule has 1 heterocycles. The Hall–Kier alpha value is -1.61. The number of aldehydes is 1. The Morgan fingerprint density at radius 2 is 2.12 bits per heavy atom. The smallest absolute Gasteiger partial charge is 0.133 e. The predicted molar refractivity (Wildman–Crippen MR) is 65.4 cm³/mol. The molecule has 0 atom stereocenters. The van der Waals surface area contributed by atoms with E-state index in [1.807, 2.05) is 24.1 Å². The van der Waals surface area contributed by atoms with E-state index in [2.05, 4.69) is 24.0 Å². The number of nitrogens with zero attached hydrogens (tertiary/aromatic N) is 1. The Labute approximate surface area is 95.1 Å². The molecule has 1 aromatic carbocycles. The van der Waals surface area contributed by atoms with Crippen molar-refractivity contribution in [1.29, 1.82) is 0 Å². The molecule has 0 unspecified atom stereocenters. The molecular formula is C13H16N2O. The summed E-state index contributed by atoms with van der Waals surface area (Å²) in [6, 6.07) is 8.25. The lowest BCUT2D eigenvalue weighted by Crippen LogP contribution is -2.20.